The summed E-state index contributed by atoms with van der Waals surface area (Å²) in [5.74, 6) is 0.0548. The van der Waals surface area contributed by atoms with E-state index in [2.05, 4.69) is 25.6 Å². The lowest BCUT2D eigenvalue weighted by atomic mass is 10.2. The van der Waals surface area contributed by atoms with Gasteiger partial charge in [-0.2, -0.15) is 0 Å². The Morgan fingerprint density at radius 3 is 2.43 bits per heavy atom. The van der Waals surface area contributed by atoms with E-state index in [0.29, 0.717) is 10.7 Å². The van der Waals surface area contributed by atoms with Crippen LogP contribution in [-0.4, -0.2) is 13.4 Å². The van der Waals surface area contributed by atoms with Crippen molar-refractivity contribution in [1.82, 2.24) is 4.98 Å². The number of aromatic nitrogens is 1. The van der Waals surface area contributed by atoms with E-state index < -0.39 is 10.0 Å². The maximum Gasteiger partial charge on any atom is 0.263 e. The lowest BCUT2D eigenvalue weighted by Crippen LogP contribution is -2.15. The molecule has 0 aliphatic rings. The van der Waals surface area contributed by atoms with E-state index in [9.17, 15) is 8.42 Å². The molecule has 0 aliphatic heterocycles. The van der Waals surface area contributed by atoms with E-state index >= 15 is 0 Å². The van der Waals surface area contributed by atoms with Gasteiger partial charge in [0.15, 0.2) is 5.82 Å². The second-order valence-corrected chi connectivity index (χ2v) is 7.75. The Hall–Kier alpha value is -0.820. The van der Waals surface area contributed by atoms with Crippen molar-refractivity contribution in [2.24, 2.45) is 0 Å². The second-order valence-electron chi connectivity index (χ2n) is 4.40. The Balaban J connectivity index is 2.42. The minimum Gasteiger partial charge on any atom is -0.262 e. The summed E-state index contributed by atoms with van der Waals surface area (Å²) in [5, 5.41) is 0.519. The Kier molecular flexibility index (Phi) is 4.82. The first kappa shape index (κ1) is 16.5. The van der Waals surface area contributed by atoms with Crippen molar-refractivity contribution in [2.45, 2.75) is 18.7 Å². The molecule has 0 spiro atoms. The van der Waals surface area contributed by atoms with Gasteiger partial charge in [-0.05, 0) is 43.7 Å². The molecule has 1 aromatic carbocycles. The van der Waals surface area contributed by atoms with Crippen LogP contribution < -0.4 is 4.72 Å². The third-order valence-electron chi connectivity index (χ3n) is 2.78. The predicted octanol–water partition coefficient (Wildman–Crippen LogP) is 4.57. The molecule has 0 bridgehead atoms. The van der Waals surface area contributed by atoms with Crippen molar-refractivity contribution in [3.05, 3.63) is 50.0 Å². The van der Waals surface area contributed by atoms with Crippen LogP contribution in [0.5, 0.6) is 0 Å². The Morgan fingerprint density at radius 1 is 1.14 bits per heavy atom. The molecule has 1 heterocycles. The largest absolute Gasteiger partial charge is 0.263 e. The van der Waals surface area contributed by atoms with Crippen LogP contribution in [0.3, 0.4) is 0 Å². The van der Waals surface area contributed by atoms with Gasteiger partial charge < -0.3 is 0 Å². The molecular formula is C13H11BrCl2N2O2S. The first-order chi connectivity index (χ1) is 9.70. The molecule has 0 saturated heterocycles. The number of pyridine rings is 1. The monoisotopic (exact) mass is 408 g/mol. The van der Waals surface area contributed by atoms with E-state index in [0.717, 1.165) is 10.0 Å². The molecule has 0 amide bonds. The van der Waals surface area contributed by atoms with Crippen LogP contribution in [0.2, 0.25) is 10.0 Å². The molecule has 112 valence electrons. The van der Waals surface area contributed by atoms with Gasteiger partial charge in [-0.3, -0.25) is 4.72 Å². The highest BCUT2D eigenvalue weighted by atomic mass is 79.9. The maximum absolute atomic E-state index is 12.4. The van der Waals surface area contributed by atoms with Crippen LogP contribution in [-0.2, 0) is 10.0 Å². The lowest BCUT2D eigenvalue weighted by molar-refractivity contribution is 0.601. The van der Waals surface area contributed by atoms with Crippen molar-refractivity contribution >= 4 is 55.0 Å². The molecule has 0 saturated carbocycles. The number of sulfonamides is 1. The Bertz CT molecular complexity index is 810. The number of halogens is 3. The number of benzene rings is 1. The fourth-order valence-corrected chi connectivity index (χ4v) is 3.42. The number of hydrogen-bond acceptors (Lipinski definition) is 3. The van der Waals surface area contributed by atoms with Crippen LogP contribution >= 0.6 is 39.1 Å². The summed E-state index contributed by atoms with van der Waals surface area (Å²) in [6.45, 7) is 3.47. The zero-order valence-electron chi connectivity index (χ0n) is 11.1. The average molecular weight is 410 g/mol. The molecule has 0 radical (unpaired) electrons. The summed E-state index contributed by atoms with van der Waals surface area (Å²) in [5.41, 5.74) is 1.30. The maximum atomic E-state index is 12.4. The smallest absolute Gasteiger partial charge is 0.262 e. The topological polar surface area (TPSA) is 59.1 Å². The van der Waals surface area contributed by atoms with Crippen LogP contribution in [0.25, 0.3) is 0 Å². The molecule has 21 heavy (non-hydrogen) atoms. The number of nitrogens with one attached hydrogen (secondary N) is 1. The minimum absolute atomic E-state index is 0.0548. The van der Waals surface area contributed by atoms with Gasteiger partial charge in [-0.15, -0.1) is 0 Å². The highest BCUT2D eigenvalue weighted by Gasteiger charge is 2.18. The molecule has 0 aliphatic carbocycles. The summed E-state index contributed by atoms with van der Waals surface area (Å²) < 4.78 is 27.9. The zero-order valence-corrected chi connectivity index (χ0v) is 15.0. The summed E-state index contributed by atoms with van der Waals surface area (Å²) in [6, 6.07) is 6.18. The summed E-state index contributed by atoms with van der Waals surface area (Å²) in [7, 11) is -3.77. The number of hydrogen-bond donors (Lipinski definition) is 1. The number of aryl methyl sites for hydroxylation is 2. The third-order valence-corrected chi connectivity index (χ3v) is 5.67. The van der Waals surface area contributed by atoms with Crippen molar-refractivity contribution in [2.75, 3.05) is 4.72 Å². The third kappa shape index (κ3) is 3.69. The zero-order chi connectivity index (χ0) is 15.8. The van der Waals surface area contributed by atoms with Crippen LogP contribution in [0, 0.1) is 13.8 Å². The highest BCUT2D eigenvalue weighted by Crippen LogP contribution is 2.28. The summed E-state index contributed by atoms with van der Waals surface area (Å²) >= 11 is 15.2. The fourth-order valence-electron chi connectivity index (χ4n) is 1.60. The van der Waals surface area contributed by atoms with Crippen LogP contribution in [0.4, 0.5) is 5.82 Å². The van der Waals surface area contributed by atoms with Crippen LogP contribution in [0.1, 0.15) is 11.3 Å². The van der Waals surface area contributed by atoms with Crippen molar-refractivity contribution in [1.29, 1.82) is 0 Å². The quantitative estimate of drug-likeness (QED) is 0.807. The number of nitrogens with zero attached hydrogens (tertiary/aromatic N) is 1. The SMILES string of the molecule is Cc1cc(S(=O)(=O)Nc2nc(C)c(Cl)cc2Cl)ccc1Br. The molecule has 4 nitrogen and oxygen atoms in total. The molecule has 0 fully saturated rings. The number of rotatable bonds is 3. The normalized spacial score (nSPS) is 11.5. The van der Waals surface area contributed by atoms with Gasteiger partial charge in [0.25, 0.3) is 10.0 Å². The van der Waals surface area contributed by atoms with E-state index in [1.165, 1.54) is 12.1 Å². The average Bonchev–Trinajstić information content (AvgIpc) is 2.39. The molecule has 2 rings (SSSR count). The predicted molar refractivity (Wildman–Crippen MR) is 88.7 cm³/mol. The van der Waals surface area contributed by atoms with Gasteiger partial charge in [0.1, 0.15) is 0 Å². The highest BCUT2D eigenvalue weighted by molar-refractivity contribution is 9.10. The van der Waals surface area contributed by atoms with Gasteiger partial charge in [-0.25, -0.2) is 13.4 Å². The van der Waals surface area contributed by atoms with Gasteiger partial charge >= 0.3 is 0 Å². The van der Waals surface area contributed by atoms with E-state index in [1.807, 2.05) is 0 Å². The van der Waals surface area contributed by atoms with E-state index in [-0.39, 0.29) is 15.7 Å². The molecule has 2 aromatic rings. The minimum atomic E-state index is -3.77. The molecular weight excluding hydrogens is 399 g/mol. The van der Waals surface area contributed by atoms with Crippen molar-refractivity contribution in [3.8, 4) is 0 Å². The lowest BCUT2D eigenvalue weighted by Gasteiger charge is -2.11. The van der Waals surface area contributed by atoms with Gasteiger partial charge in [0.2, 0.25) is 0 Å². The van der Waals surface area contributed by atoms with Crippen molar-refractivity contribution < 1.29 is 8.42 Å². The molecule has 1 aromatic heterocycles. The van der Waals surface area contributed by atoms with Crippen LogP contribution in [0.15, 0.2) is 33.6 Å². The summed E-state index contributed by atoms with van der Waals surface area (Å²) in [4.78, 5) is 4.19. The summed E-state index contributed by atoms with van der Waals surface area (Å²) in [6.07, 6.45) is 0. The van der Waals surface area contributed by atoms with E-state index in [1.54, 1.807) is 26.0 Å². The molecule has 0 unspecified atom stereocenters. The number of anilines is 1. The van der Waals surface area contributed by atoms with Gasteiger partial charge in [0.05, 0.1) is 20.6 Å². The molecule has 8 heteroatoms. The first-order valence-corrected chi connectivity index (χ1v) is 8.85. The molecule has 1 N–H and O–H groups in total. The molecule has 0 atom stereocenters. The van der Waals surface area contributed by atoms with Crippen molar-refractivity contribution in [3.63, 3.8) is 0 Å². The van der Waals surface area contributed by atoms with Gasteiger partial charge in [-0.1, -0.05) is 39.1 Å². The first-order valence-electron chi connectivity index (χ1n) is 5.82. The fraction of sp³-hybridized carbons (Fsp3) is 0.154. The Morgan fingerprint density at radius 2 is 1.81 bits per heavy atom. The van der Waals surface area contributed by atoms with E-state index in [4.69, 9.17) is 23.2 Å². The standard InChI is InChI=1S/C13H11BrCl2N2O2S/c1-7-5-9(3-4-10(7)14)21(19,20)18-13-12(16)6-11(15)8(2)17-13/h3-6H,1-2H3,(H,17,18). The second kappa shape index (κ2) is 6.12. The Labute approximate surface area is 141 Å². The van der Waals surface area contributed by atoms with Gasteiger partial charge in [0, 0.05) is 4.47 Å².